The predicted octanol–water partition coefficient (Wildman–Crippen LogP) is 2.79. The highest BCUT2D eigenvalue weighted by atomic mass is 35.5. The fourth-order valence-corrected chi connectivity index (χ4v) is 2.30. The van der Waals surface area contributed by atoms with Crippen LogP contribution in [-0.4, -0.2) is 24.7 Å². The third kappa shape index (κ3) is 5.80. The normalized spacial score (nSPS) is 11.4. The zero-order valence-electron chi connectivity index (χ0n) is 15.1. The molecule has 0 saturated carbocycles. The van der Waals surface area contributed by atoms with Crippen LogP contribution in [0.15, 0.2) is 60.1 Å². The third-order valence-corrected chi connectivity index (χ3v) is 3.78. The van der Waals surface area contributed by atoms with Crippen LogP contribution in [0.1, 0.15) is 12.5 Å². The zero-order chi connectivity index (χ0) is 19.8. The Bertz CT molecular complexity index is 792. The van der Waals surface area contributed by atoms with Gasteiger partial charge in [-0.1, -0.05) is 23.7 Å². The van der Waals surface area contributed by atoms with Crippen LogP contribution in [0.25, 0.3) is 0 Å². The second kappa shape index (κ2) is 9.70. The second-order valence-electron chi connectivity index (χ2n) is 5.47. The number of benzene rings is 2. The summed E-state index contributed by atoms with van der Waals surface area (Å²) in [6.45, 7) is 2.10. The molecule has 2 rings (SSSR count). The predicted molar refractivity (Wildman–Crippen MR) is 103 cm³/mol. The molecule has 0 radical (unpaired) electrons. The molecular weight excluding hydrogens is 370 g/mol. The molecule has 2 aromatic rings. The van der Waals surface area contributed by atoms with Crippen molar-refractivity contribution in [1.29, 1.82) is 0 Å². The summed E-state index contributed by atoms with van der Waals surface area (Å²) in [5.74, 6) is 6.55. The minimum Gasteiger partial charge on any atom is -0.497 e. The van der Waals surface area contributed by atoms with Crippen molar-refractivity contribution in [3.05, 3.63) is 70.7 Å². The van der Waals surface area contributed by atoms with Gasteiger partial charge in [-0.25, -0.2) is 10.6 Å². The van der Waals surface area contributed by atoms with E-state index in [1.54, 1.807) is 50.4 Å². The average molecular weight is 392 g/mol. The number of hydrogen-bond donors (Lipinski definition) is 2. The van der Waals surface area contributed by atoms with Crippen LogP contribution in [0, 0.1) is 0 Å². The van der Waals surface area contributed by atoms with Crippen LogP contribution in [0.3, 0.4) is 0 Å². The van der Waals surface area contributed by atoms with Gasteiger partial charge in [0.15, 0.2) is 5.70 Å². The molecule has 144 valence electrons. The molecule has 0 spiro atoms. The van der Waals surface area contributed by atoms with Gasteiger partial charge in [-0.2, -0.15) is 0 Å². The summed E-state index contributed by atoms with van der Waals surface area (Å²) < 4.78 is 15.8. The standard InChI is InChI=1S/C19H22ClN3O4/c1-3-26-19(24)17(21)18(27-16-10-6-14(20)7-11-16)23(22)12-13-4-8-15(25-2)9-5-13/h4-11H,3,12,21-22H2,1-2H3/b18-17+. The van der Waals surface area contributed by atoms with E-state index in [0.29, 0.717) is 10.8 Å². The fraction of sp³-hybridized carbons (Fsp3) is 0.211. The first-order valence-corrected chi connectivity index (χ1v) is 8.57. The van der Waals surface area contributed by atoms with Gasteiger partial charge in [-0.3, -0.25) is 5.01 Å². The van der Waals surface area contributed by atoms with E-state index in [1.807, 2.05) is 12.1 Å². The molecule has 27 heavy (non-hydrogen) atoms. The van der Waals surface area contributed by atoms with Crippen molar-refractivity contribution < 1.29 is 19.0 Å². The molecule has 7 nitrogen and oxygen atoms in total. The van der Waals surface area contributed by atoms with Crippen molar-refractivity contribution in [2.75, 3.05) is 13.7 Å². The van der Waals surface area contributed by atoms with E-state index >= 15 is 0 Å². The van der Waals surface area contributed by atoms with Crippen molar-refractivity contribution in [2.45, 2.75) is 13.5 Å². The van der Waals surface area contributed by atoms with Gasteiger partial charge in [0.1, 0.15) is 11.5 Å². The molecule has 0 aliphatic rings. The monoisotopic (exact) mass is 391 g/mol. The summed E-state index contributed by atoms with van der Waals surface area (Å²) in [6, 6.07) is 13.9. The first kappa shape index (κ1) is 20.4. The van der Waals surface area contributed by atoms with E-state index in [9.17, 15) is 4.79 Å². The highest BCUT2D eigenvalue weighted by Crippen LogP contribution is 2.21. The van der Waals surface area contributed by atoms with E-state index in [1.165, 1.54) is 5.01 Å². The van der Waals surface area contributed by atoms with Gasteiger partial charge in [0.25, 0.3) is 0 Å². The maximum atomic E-state index is 12.1. The van der Waals surface area contributed by atoms with E-state index in [2.05, 4.69) is 0 Å². The summed E-state index contributed by atoms with van der Waals surface area (Å²) in [6.07, 6.45) is 0. The number of rotatable bonds is 8. The van der Waals surface area contributed by atoms with Crippen LogP contribution in [0.4, 0.5) is 0 Å². The second-order valence-corrected chi connectivity index (χ2v) is 5.91. The molecule has 0 heterocycles. The maximum Gasteiger partial charge on any atom is 0.359 e. The van der Waals surface area contributed by atoms with Crippen molar-refractivity contribution >= 4 is 17.6 Å². The number of halogens is 1. The van der Waals surface area contributed by atoms with Gasteiger partial charge in [0.05, 0.1) is 20.3 Å². The van der Waals surface area contributed by atoms with Crippen molar-refractivity contribution in [2.24, 2.45) is 11.6 Å². The number of hydrazine groups is 1. The summed E-state index contributed by atoms with van der Waals surface area (Å²) in [5, 5.41) is 1.79. The molecule has 0 saturated heterocycles. The number of nitrogens with zero attached hydrogens (tertiary/aromatic N) is 1. The topological polar surface area (TPSA) is 100 Å². The molecule has 0 aromatic heterocycles. The molecule has 0 bridgehead atoms. The number of ether oxygens (including phenoxy) is 3. The largest absolute Gasteiger partial charge is 0.497 e. The highest BCUT2D eigenvalue weighted by molar-refractivity contribution is 6.30. The Kier molecular flexibility index (Phi) is 7.34. The molecule has 0 aliphatic heterocycles. The lowest BCUT2D eigenvalue weighted by Gasteiger charge is -2.23. The van der Waals surface area contributed by atoms with Crippen LogP contribution >= 0.6 is 11.6 Å². The van der Waals surface area contributed by atoms with Crippen molar-refractivity contribution in [1.82, 2.24) is 5.01 Å². The molecule has 0 atom stereocenters. The Morgan fingerprint density at radius 3 is 2.22 bits per heavy atom. The molecule has 0 amide bonds. The van der Waals surface area contributed by atoms with E-state index in [0.717, 1.165) is 11.3 Å². The number of carbonyl (C=O) groups excluding carboxylic acids is 1. The first-order chi connectivity index (χ1) is 12.9. The molecule has 0 unspecified atom stereocenters. The van der Waals surface area contributed by atoms with Crippen LogP contribution < -0.4 is 21.1 Å². The number of esters is 1. The number of nitrogens with two attached hydrogens (primary N) is 2. The summed E-state index contributed by atoms with van der Waals surface area (Å²) in [7, 11) is 1.59. The molecule has 4 N–H and O–H groups in total. The van der Waals surface area contributed by atoms with Gasteiger partial charge in [0, 0.05) is 5.02 Å². The Hall–Kier alpha value is -2.90. The minimum absolute atomic E-state index is 0.0217. The zero-order valence-corrected chi connectivity index (χ0v) is 15.9. The smallest absolute Gasteiger partial charge is 0.359 e. The van der Waals surface area contributed by atoms with Crippen molar-refractivity contribution in [3.8, 4) is 11.5 Å². The Labute approximate surface area is 163 Å². The van der Waals surface area contributed by atoms with Crippen LogP contribution in [0.5, 0.6) is 11.5 Å². The molecule has 0 fully saturated rings. The van der Waals surface area contributed by atoms with Gasteiger partial charge in [0.2, 0.25) is 5.88 Å². The number of carbonyl (C=O) groups is 1. The summed E-state index contributed by atoms with van der Waals surface area (Å²) in [4.78, 5) is 12.1. The summed E-state index contributed by atoms with van der Waals surface area (Å²) in [5.41, 5.74) is 6.57. The van der Waals surface area contributed by atoms with E-state index < -0.39 is 5.97 Å². The lowest BCUT2D eigenvalue weighted by molar-refractivity contribution is -0.139. The highest BCUT2D eigenvalue weighted by Gasteiger charge is 2.20. The van der Waals surface area contributed by atoms with Crippen LogP contribution in [0.2, 0.25) is 5.02 Å². The fourth-order valence-electron chi connectivity index (χ4n) is 2.18. The Morgan fingerprint density at radius 2 is 1.67 bits per heavy atom. The van der Waals surface area contributed by atoms with Crippen molar-refractivity contribution in [3.63, 3.8) is 0 Å². The molecule has 0 aliphatic carbocycles. The quantitative estimate of drug-likeness (QED) is 0.234. The van der Waals surface area contributed by atoms with Gasteiger partial charge in [-0.15, -0.1) is 0 Å². The molecule has 2 aromatic carbocycles. The van der Waals surface area contributed by atoms with E-state index in [4.69, 9.17) is 37.4 Å². The lowest BCUT2D eigenvalue weighted by atomic mass is 10.2. The average Bonchev–Trinajstić information content (AvgIpc) is 2.67. The Balaban J connectivity index is 2.27. The maximum absolute atomic E-state index is 12.1. The minimum atomic E-state index is -0.716. The number of methoxy groups -OCH3 is 1. The third-order valence-electron chi connectivity index (χ3n) is 3.53. The lowest BCUT2D eigenvalue weighted by Crippen LogP contribution is -2.36. The Morgan fingerprint density at radius 1 is 1.07 bits per heavy atom. The van der Waals surface area contributed by atoms with Crippen LogP contribution in [-0.2, 0) is 16.1 Å². The van der Waals surface area contributed by atoms with Gasteiger partial charge in [-0.05, 0) is 48.9 Å². The molecular formula is C19H22ClN3O4. The van der Waals surface area contributed by atoms with Gasteiger partial charge >= 0.3 is 5.97 Å². The van der Waals surface area contributed by atoms with E-state index in [-0.39, 0.29) is 24.7 Å². The summed E-state index contributed by atoms with van der Waals surface area (Å²) >= 11 is 5.89. The molecule has 8 heteroatoms. The SMILES string of the molecule is CCOC(=O)/C(N)=C(\Oc1ccc(Cl)cc1)N(N)Cc1ccc(OC)cc1. The van der Waals surface area contributed by atoms with Gasteiger partial charge < -0.3 is 19.9 Å². The number of hydrogen-bond acceptors (Lipinski definition) is 7. The first-order valence-electron chi connectivity index (χ1n) is 8.20.